The first-order valence-electron chi connectivity index (χ1n) is 9.07. The monoisotopic (exact) mass is 351 g/mol. The predicted octanol–water partition coefficient (Wildman–Crippen LogP) is 3.68. The number of amides is 2. The van der Waals surface area contributed by atoms with E-state index in [1.807, 2.05) is 11.8 Å². The van der Waals surface area contributed by atoms with Crippen molar-refractivity contribution in [1.29, 1.82) is 0 Å². The highest BCUT2D eigenvalue weighted by Gasteiger charge is 2.31. The molecule has 3 rings (SSSR count). The fraction of sp³-hybridized carbons (Fsp3) is 0.722. The third-order valence-corrected chi connectivity index (χ3v) is 6.55. The van der Waals surface area contributed by atoms with Crippen molar-refractivity contribution in [2.24, 2.45) is 5.73 Å². The molecule has 0 radical (unpaired) electrons. The van der Waals surface area contributed by atoms with Gasteiger partial charge in [0.25, 0.3) is 0 Å². The normalized spacial score (nSPS) is 31.5. The zero-order valence-corrected chi connectivity index (χ0v) is 15.6. The summed E-state index contributed by atoms with van der Waals surface area (Å²) >= 11 is 1.88. The first-order chi connectivity index (χ1) is 11.5. The number of carbonyl (C=O) groups is 1. The van der Waals surface area contributed by atoms with E-state index < -0.39 is 6.03 Å². The fourth-order valence-corrected chi connectivity index (χ4v) is 5.04. The third-order valence-electron chi connectivity index (χ3n) is 5.24. The van der Waals surface area contributed by atoms with E-state index in [-0.39, 0.29) is 6.04 Å². The number of nitrogens with zero attached hydrogens (tertiary/aromatic N) is 1. The molecule has 1 saturated carbocycles. The summed E-state index contributed by atoms with van der Waals surface area (Å²) in [5, 5.41) is 4.26. The highest BCUT2D eigenvalue weighted by Crippen LogP contribution is 2.45. The van der Waals surface area contributed by atoms with Crippen LogP contribution in [0.1, 0.15) is 58.8 Å². The molecule has 24 heavy (non-hydrogen) atoms. The van der Waals surface area contributed by atoms with Crippen molar-refractivity contribution >= 4 is 17.8 Å². The molecular formula is C18H29N3O2S. The maximum Gasteiger partial charge on any atom is 0.312 e. The maximum absolute atomic E-state index is 11.2. The van der Waals surface area contributed by atoms with Gasteiger partial charge in [0, 0.05) is 29.8 Å². The van der Waals surface area contributed by atoms with Crippen molar-refractivity contribution in [1.82, 2.24) is 10.2 Å². The molecule has 2 heterocycles. The summed E-state index contributed by atoms with van der Waals surface area (Å²) in [6.45, 7) is 6.25. The quantitative estimate of drug-likeness (QED) is 0.814. The van der Waals surface area contributed by atoms with Gasteiger partial charge in [-0.3, -0.25) is 0 Å². The van der Waals surface area contributed by atoms with Gasteiger partial charge in [-0.15, -0.1) is 0 Å². The number of nitrogens with two attached hydrogens (primary N) is 1. The summed E-state index contributed by atoms with van der Waals surface area (Å²) in [4.78, 5) is 15.0. The first-order valence-corrected chi connectivity index (χ1v) is 9.88. The molecule has 0 aromatic carbocycles. The lowest BCUT2D eigenvalue weighted by atomic mass is 9.91. The number of carbonyl (C=O) groups excluding carboxylic acids is 1. The van der Waals surface area contributed by atoms with E-state index in [9.17, 15) is 4.79 Å². The Labute approximate surface area is 149 Å². The zero-order valence-electron chi connectivity index (χ0n) is 14.8. The maximum atomic E-state index is 11.2. The second-order valence-corrected chi connectivity index (χ2v) is 8.26. The van der Waals surface area contributed by atoms with Crippen molar-refractivity contribution in [3.63, 3.8) is 0 Å². The Morgan fingerprint density at radius 2 is 2.17 bits per heavy atom. The molecule has 0 bridgehead atoms. The molecule has 2 unspecified atom stereocenters. The summed E-state index contributed by atoms with van der Waals surface area (Å²) in [5.74, 6) is 0. The molecule has 0 spiro atoms. The second kappa shape index (κ2) is 7.83. The Hall–Kier alpha value is -1.14. The molecule has 2 aliphatic heterocycles. The van der Waals surface area contributed by atoms with Gasteiger partial charge in [-0.05, 0) is 64.4 Å². The van der Waals surface area contributed by atoms with E-state index in [0.717, 1.165) is 45.3 Å². The van der Waals surface area contributed by atoms with Gasteiger partial charge in [0.05, 0.1) is 11.1 Å². The Balaban J connectivity index is 1.75. The van der Waals surface area contributed by atoms with Crippen LogP contribution < -0.4 is 11.1 Å². The molecule has 2 amide bonds. The van der Waals surface area contributed by atoms with Gasteiger partial charge in [-0.1, -0.05) is 11.8 Å². The Morgan fingerprint density at radius 1 is 1.33 bits per heavy atom. The van der Waals surface area contributed by atoms with Crippen molar-refractivity contribution in [2.75, 3.05) is 13.2 Å². The number of hydrogen-bond acceptors (Lipinski definition) is 4. The molecule has 0 aromatic heterocycles. The molecule has 5 nitrogen and oxygen atoms in total. The summed E-state index contributed by atoms with van der Waals surface area (Å²) in [6, 6.07) is -0.239. The molecular weight excluding hydrogens is 322 g/mol. The largest absolute Gasteiger partial charge is 0.376 e. The topological polar surface area (TPSA) is 67.6 Å². The van der Waals surface area contributed by atoms with Gasteiger partial charge in [0.15, 0.2) is 0 Å². The Bertz CT molecular complexity index is 552. The first kappa shape index (κ1) is 17.7. The molecule has 3 N–H and O–H groups in total. The number of thioether (sulfide) groups is 1. The average molecular weight is 352 g/mol. The molecule has 3 aliphatic rings. The average Bonchev–Trinajstić information content (AvgIpc) is 2.84. The molecule has 2 atom stereocenters. The van der Waals surface area contributed by atoms with Crippen LogP contribution in [-0.2, 0) is 4.74 Å². The van der Waals surface area contributed by atoms with Gasteiger partial charge in [-0.25, -0.2) is 4.79 Å². The Morgan fingerprint density at radius 3 is 2.88 bits per heavy atom. The number of ether oxygens (including phenoxy) is 1. The van der Waals surface area contributed by atoms with Crippen LogP contribution in [0.5, 0.6) is 0 Å². The highest BCUT2D eigenvalue weighted by atomic mass is 32.2. The molecule has 2 fully saturated rings. The number of nitrogens with one attached hydrogen (secondary N) is 1. The second-order valence-electron chi connectivity index (χ2n) is 7.05. The summed E-state index contributed by atoms with van der Waals surface area (Å²) < 4.78 is 5.96. The number of rotatable bonds is 3. The van der Waals surface area contributed by atoms with Gasteiger partial charge in [-0.2, -0.15) is 0 Å². The smallest absolute Gasteiger partial charge is 0.312 e. The molecule has 1 saturated heterocycles. The molecule has 134 valence electrons. The van der Waals surface area contributed by atoms with Crippen LogP contribution >= 0.6 is 11.8 Å². The van der Waals surface area contributed by atoms with Gasteiger partial charge in [0.1, 0.15) is 0 Å². The van der Waals surface area contributed by atoms with Gasteiger partial charge < -0.3 is 20.7 Å². The number of primary amides is 1. The zero-order chi connectivity index (χ0) is 17.1. The SMILES string of the molecule is CC1=C(C)N(CC2CCCCO2)C(=C2CCCC(NC(N)=O)C2)S1. The fourth-order valence-electron chi connectivity index (χ4n) is 3.84. The lowest BCUT2D eigenvalue weighted by Crippen LogP contribution is -2.40. The predicted molar refractivity (Wildman–Crippen MR) is 98.3 cm³/mol. The van der Waals surface area contributed by atoms with E-state index in [1.54, 1.807) is 0 Å². The van der Waals surface area contributed by atoms with Crippen LogP contribution in [0.15, 0.2) is 21.2 Å². The van der Waals surface area contributed by atoms with E-state index in [2.05, 4.69) is 24.1 Å². The lowest BCUT2D eigenvalue weighted by Gasteiger charge is -2.33. The Kier molecular flexibility index (Phi) is 5.76. The molecule has 0 aromatic rings. The van der Waals surface area contributed by atoms with Crippen molar-refractivity contribution < 1.29 is 9.53 Å². The van der Waals surface area contributed by atoms with Crippen LogP contribution in [0, 0.1) is 0 Å². The van der Waals surface area contributed by atoms with Crippen LogP contribution in [0.25, 0.3) is 0 Å². The minimum atomic E-state index is -0.414. The highest BCUT2D eigenvalue weighted by molar-refractivity contribution is 8.06. The van der Waals surface area contributed by atoms with Crippen LogP contribution in [0.4, 0.5) is 4.79 Å². The van der Waals surface area contributed by atoms with Crippen LogP contribution in [0.2, 0.25) is 0 Å². The van der Waals surface area contributed by atoms with Crippen molar-refractivity contribution in [3.05, 3.63) is 21.2 Å². The minimum absolute atomic E-state index is 0.174. The number of urea groups is 1. The number of hydrogen-bond donors (Lipinski definition) is 2. The van der Waals surface area contributed by atoms with Crippen LogP contribution in [0.3, 0.4) is 0 Å². The third kappa shape index (κ3) is 4.09. The standard InChI is InChI=1S/C18H29N3O2S/c1-12-13(2)24-17(21(12)11-16-8-3-4-9-23-16)14-6-5-7-15(10-14)20-18(19)22/h15-16H,3-11H2,1-2H3,(H3,19,20,22). The van der Waals surface area contributed by atoms with E-state index in [4.69, 9.17) is 10.5 Å². The molecule has 6 heteroatoms. The summed E-state index contributed by atoms with van der Waals surface area (Å²) in [5.41, 5.74) is 8.12. The summed E-state index contributed by atoms with van der Waals surface area (Å²) in [7, 11) is 0. The number of allylic oxidation sites excluding steroid dienone is 2. The van der Waals surface area contributed by atoms with E-state index >= 15 is 0 Å². The minimum Gasteiger partial charge on any atom is -0.376 e. The van der Waals surface area contributed by atoms with Gasteiger partial charge in [0.2, 0.25) is 0 Å². The van der Waals surface area contributed by atoms with Crippen molar-refractivity contribution in [2.45, 2.75) is 70.9 Å². The van der Waals surface area contributed by atoms with E-state index in [0.29, 0.717) is 6.10 Å². The van der Waals surface area contributed by atoms with Gasteiger partial charge >= 0.3 is 6.03 Å². The van der Waals surface area contributed by atoms with Crippen molar-refractivity contribution in [3.8, 4) is 0 Å². The summed E-state index contributed by atoms with van der Waals surface area (Å²) in [6.07, 6.45) is 8.09. The molecule has 1 aliphatic carbocycles. The van der Waals surface area contributed by atoms with Crippen LogP contribution in [-0.4, -0.2) is 36.2 Å². The lowest BCUT2D eigenvalue weighted by molar-refractivity contribution is 0.00520. The van der Waals surface area contributed by atoms with E-state index in [1.165, 1.54) is 34.0 Å².